The number of hydrogen-bond donors (Lipinski definition) is 2. The van der Waals surface area contributed by atoms with Crippen molar-refractivity contribution in [3.8, 4) is 0 Å². The van der Waals surface area contributed by atoms with E-state index in [2.05, 4.69) is 5.32 Å². The van der Waals surface area contributed by atoms with E-state index >= 15 is 0 Å². The zero-order valence-corrected chi connectivity index (χ0v) is 9.74. The Morgan fingerprint density at radius 3 is 2.80 bits per heavy atom. The van der Waals surface area contributed by atoms with Gasteiger partial charge in [0.2, 0.25) is 0 Å². The fourth-order valence-corrected chi connectivity index (χ4v) is 1.48. The fourth-order valence-electron chi connectivity index (χ4n) is 1.19. The smallest absolute Gasteiger partial charge is 0.126 e. The second-order valence-corrected chi connectivity index (χ2v) is 4.12. The molecule has 0 heterocycles. The molecule has 0 aromatic heterocycles. The maximum Gasteiger partial charge on any atom is 0.126 e. The standard InChI is InChI=1S/C11H16ClFN2/c1-7-3-10(12)9(4-11(7)13)6-15-8(2)5-14/h3-4,8,15H,5-6,14H2,1-2H3. The molecule has 1 rings (SSSR count). The zero-order chi connectivity index (χ0) is 11.4. The minimum atomic E-state index is -0.225. The molecule has 0 saturated carbocycles. The summed E-state index contributed by atoms with van der Waals surface area (Å²) < 4.78 is 13.3. The normalized spacial score (nSPS) is 12.9. The van der Waals surface area contributed by atoms with Crippen LogP contribution < -0.4 is 11.1 Å². The Morgan fingerprint density at radius 1 is 1.53 bits per heavy atom. The number of hydrogen-bond acceptors (Lipinski definition) is 2. The van der Waals surface area contributed by atoms with Crippen LogP contribution in [0.1, 0.15) is 18.1 Å². The van der Waals surface area contributed by atoms with E-state index < -0.39 is 0 Å². The summed E-state index contributed by atoms with van der Waals surface area (Å²) >= 11 is 5.99. The van der Waals surface area contributed by atoms with Crippen LogP contribution in [0.25, 0.3) is 0 Å². The number of aryl methyl sites for hydroxylation is 1. The molecule has 0 bridgehead atoms. The molecule has 1 aromatic rings. The number of nitrogens with two attached hydrogens (primary N) is 1. The third-order valence-corrected chi connectivity index (χ3v) is 2.67. The lowest BCUT2D eigenvalue weighted by Gasteiger charge is -2.12. The van der Waals surface area contributed by atoms with E-state index in [4.69, 9.17) is 17.3 Å². The predicted octanol–water partition coefficient (Wildman–Crippen LogP) is 2.22. The summed E-state index contributed by atoms with van der Waals surface area (Å²) in [5, 5.41) is 3.75. The number of halogens is 2. The first-order chi connectivity index (χ1) is 7.04. The van der Waals surface area contributed by atoms with Crippen LogP contribution in [0.15, 0.2) is 12.1 Å². The van der Waals surface area contributed by atoms with E-state index in [0.29, 0.717) is 23.7 Å². The minimum Gasteiger partial charge on any atom is -0.329 e. The van der Waals surface area contributed by atoms with Crippen LogP contribution in [0.3, 0.4) is 0 Å². The van der Waals surface area contributed by atoms with Gasteiger partial charge in [-0.15, -0.1) is 0 Å². The molecule has 15 heavy (non-hydrogen) atoms. The molecule has 3 N–H and O–H groups in total. The summed E-state index contributed by atoms with van der Waals surface area (Å²) in [6, 6.07) is 3.31. The Morgan fingerprint density at radius 2 is 2.20 bits per heavy atom. The van der Waals surface area contributed by atoms with Crippen molar-refractivity contribution in [3.63, 3.8) is 0 Å². The lowest BCUT2D eigenvalue weighted by Crippen LogP contribution is -2.32. The third-order valence-electron chi connectivity index (χ3n) is 2.32. The van der Waals surface area contributed by atoms with E-state index in [1.165, 1.54) is 6.07 Å². The van der Waals surface area contributed by atoms with Gasteiger partial charge in [-0.1, -0.05) is 11.6 Å². The highest BCUT2D eigenvalue weighted by molar-refractivity contribution is 6.31. The van der Waals surface area contributed by atoms with Crippen LogP contribution in [0, 0.1) is 12.7 Å². The van der Waals surface area contributed by atoms with Gasteiger partial charge in [0, 0.05) is 24.2 Å². The van der Waals surface area contributed by atoms with Crippen molar-refractivity contribution in [2.75, 3.05) is 6.54 Å². The molecule has 1 unspecified atom stereocenters. The van der Waals surface area contributed by atoms with E-state index in [1.807, 2.05) is 6.92 Å². The summed E-state index contributed by atoms with van der Waals surface area (Å²) in [5.74, 6) is -0.225. The fraction of sp³-hybridized carbons (Fsp3) is 0.455. The van der Waals surface area contributed by atoms with Crippen LogP contribution in [0.5, 0.6) is 0 Å². The van der Waals surface area contributed by atoms with Crippen LogP contribution in [-0.2, 0) is 6.54 Å². The van der Waals surface area contributed by atoms with Gasteiger partial charge in [-0.2, -0.15) is 0 Å². The van der Waals surface area contributed by atoms with Crippen molar-refractivity contribution in [2.24, 2.45) is 5.73 Å². The van der Waals surface area contributed by atoms with Gasteiger partial charge in [-0.3, -0.25) is 0 Å². The molecular formula is C11H16ClFN2. The Bertz CT molecular complexity index is 342. The van der Waals surface area contributed by atoms with Crippen molar-refractivity contribution >= 4 is 11.6 Å². The largest absolute Gasteiger partial charge is 0.329 e. The van der Waals surface area contributed by atoms with Crippen LogP contribution in [0.2, 0.25) is 5.02 Å². The summed E-state index contributed by atoms with van der Waals surface area (Å²) in [7, 11) is 0. The second kappa shape index (κ2) is 5.45. The van der Waals surface area contributed by atoms with Crippen molar-refractivity contribution in [2.45, 2.75) is 26.4 Å². The van der Waals surface area contributed by atoms with Crippen molar-refractivity contribution in [3.05, 3.63) is 34.1 Å². The highest BCUT2D eigenvalue weighted by Crippen LogP contribution is 2.20. The molecule has 0 radical (unpaired) electrons. The van der Waals surface area contributed by atoms with Crippen molar-refractivity contribution < 1.29 is 4.39 Å². The van der Waals surface area contributed by atoms with Gasteiger partial charge in [0.05, 0.1) is 0 Å². The first-order valence-electron chi connectivity index (χ1n) is 4.92. The van der Waals surface area contributed by atoms with E-state index in [9.17, 15) is 4.39 Å². The van der Waals surface area contributed by atoms with Crippen LogP contribution >= 0.6 is 11.6 Å². The average Bonchev–Trinajstić information content (AvgIpc) is 2.21. The first-order valence-corrected chi connectivity index (χ1v) is 5.30. The predicted molar refractivity (Wildman–Crippen MR) is 61.5 cm³/mol. The number of rotatable bonds is 4. The summed E-state index contributed by atoms with van der Waals surface area (Å²) in [4.78, 5) is 0. The Balaban J connectivity index is 2.73. The molecule has 0 aliphatic carbocycles. The Hall–Kier alpha value is -0.640. The summed E-state index contributed by atoms with van der Waals surface area (Å²) in [5.41, 5.74) is 6.79. The highest BCUT2D eigenvalue weighted by atomic mass is 35.5. The monoisotopic (exact) mass is 230 g/mol. The second-order valence-electron chi connectivity index (χ2n) is 3.71. The number of benzene rings is 1. The molecule has 1 atom stereocenters. The van der Waals surface area contributed by atoms with Gasteiger partial charge in [0.15, 0.2) is 0 Å². The van der Waals surface area contributed by atoms with Crippen LogP contribution in [0.4, 0.5) is 4.39 Å². The van der Waals surface area contributed by atoms with Gasteiger partial charge < -0.3 is 11.1 Å². The van der Waals surface area contributed by atoms with E-state index in [1.54, 1.807) is 13.0 Å². The lowest BCUT2D eigenvalue weighted by molar-refractivity contribution is 0.552. The zero-order valence-electron chi connectivity index (χ0n) is 8.98. The van der Waals surface area contributed by atoms with E-state index in [0.717, 1.165) is 5.56 Å². The molecular weight excluding hydrogens is 215 g/mol. The third kappa shape index (κ3) is 3.45. The van der Waals surface area contributed by atoms with Gasteiger partial charge in [-0.25, -0.2) is 4.39 Å². The van der Waals surface area contributed by atoms with Crippen molar-refractivity contribution in [1.29, 1.82) is 0 Å². The maximum absolute atomic E-state index is 13.3. The summed E-state index contributed by atoms with van der Waals surface area (Å²) in [6.07, 6.45) is 0. The molecule has 84 valence electrons. The molecule has 4 heteroatoms. The van der Waals surface area contributed by atoms with Crippen molar-refractivity contribution in [1.82, 2.24) is 5.32 Å². The lowest BCUT2D eigenvalue weighted by atomic mass is 10.1. The molecule has 2 nitrogen and oxygen atoms in total. The Labute approximate surface area is 94.6 Å². The molecule has 0 saturated heterocycles. The molecule has 0 aliphatic heterocycles. The van der Waals surface area contributed by atoms with Gasteiger partial charge in [-0.05, 0) is 37.1 Å². The number of nitrogens with one attached hydrogen (secondary N) is 1. The highest BCUT2D eigenvalue weighted by Gasteiger charge is 2.06. The topological polar surface area (TPSA) is 38.0 Å². The summed E-state index contributed by atoms with van der Waals surface area (Å²) in [6.45, 7) is 4.75. The Kier molecular flexibility index (Phi) is 4.51. The van der Waals surface area contributed by atoms with Gasteiger partial charge in [0.25, 0.3) is 0 Å². The quantitative estimate of drug-likeness (QED) is 0.833. The molecule has 1 aromatic carbocycles. The van der Waals surface area contributed by atoms with Gasteiger partial charge in [0.1, 0.15) is 5.82 Å². The van der Waals surface area contributed by atoms with Gasteiger partial charge >= 0.3 is 0 Å². The first kappa shape index (κ1) is 12.4. The van der Waals surface area contributed by atoms with Crippen LogP contribution in [-0.4, -0.2) is 12.6 Å². The molecule has 0 aliphatic rings. The maximum atomic E-state index is 13.3. The SMILES string of the molecule is Cc1cc(Cl)c(CNC(C)CN)cc1F. The van der Waals surface area contributed by atoms with E-state index in [-0.39, 0.29) is 11.9 Å². The molecule has 0 fully saturated rings. The minimum absolute atomic E-state index is 0.199. The average molecular weight is 231 g/mol. The molecule has 0 amide bonds. The molecule has 0 spiro atoms.